The number of methoxy groups -OCH3 is 1. The van der Waals surface area contributed by atoms with Crippen molar-refractivity contribution in [2.75, 3.05) is 27.1 Å². The van der Waals surface area contributed by atoms with Crippen LogP contribution in [0.4, 0.5) is 4.79 Å². The number of alkyl carbamates (subject to hydrolysis) is 1. The molecule has 0 saturated carbocycles. The van der Waals surface area contributed by atoms with Gasteiger partial charge in [0.15, 0.2) is 0 Å². The summed E-state index contributed by atoms with van der Waals surface area (Å²) in [4.78, 5) is 22.3. The van der Waals surface area contributed by atoms with E-state index in [0.29, 0.717) is 0 Å². The van der Waals surface area contributed by atoms with Crippen LogP contribution in [0.1, 0.15) is 20.8 Å². The van der Waals surface area contributed by atoms with E-state index in [4.69, 9.17) is 9.26 Å². The van der Waals surface area contributed by atoms with Gasteiger partial charge in [-0.15, -0.1) is 0 Å². The normalized spacial score (nSPS) is 14.4. The Morgan fingerprint density at radius 1 is 1.21 bits per heavy atom. The molecular formula is C10H20NO7P. The second-order valence-corrected chi connectivity index (χ2v) is 6.64. The van der Waals surface area contributed by atoms with Gasteiger partial charge in [-0.3, -0.25) is 19.2 Å². The van der Waals surface area contributed by atoms with Crippen molar-refractivity contribution in [1.29, 1.82) is 0 Å². The van der Waals surface area contributed by atoms with Crippen LogP contribution in [-0.2, 0) is 27.9 Å². The molecule has 0 aliphatic rings. The highest BCUT2D eigenvalue weighted by atomic mass is 31.2. The van der Waals surface area contributed by atoms with Crippen molar-refractivity contribution in [2.24, 2.45) is 0 Å². The highest BCUT2D eigenvalue weighted by Crippen LogP contribution is 2.46. The van der Waals surface area contributed by atoms with Gasteiger partial charge in [-0.2, -0.15) is 0 Å². The molecule has 9 heteroatoms. The zero-order valence-electron chi connectivity index (χ0n) is 11.7. The lowest BCUT2D eigenvalue weighted by Crippen LogP contribution is -2.33. The van der Waals surface area contributed by atoms with Crippen molar-refractivity contribution in [3.8, 4) is 0 Å². The first kappa shape index (κ1) is 17.9. The van der Waals surface area contributed by atoms with Crippen molar-refractivity contribution in [1.82, 2.24) is 5.32 Å². The predicted octanol–water partition coefficient (Wildman–Crippen LogP) is 1.50. The van der Waals surface area contributed by atoms with Crippen LogP contribution in [0, 0.1) is 0 Å². The maximum Gasteiger partial charge on any atom is 0.409 e. The Bertz CT molecular complexity index is 363. The number of ether oxygens (including phenoxy) is 2. The van der Waals surface area contributed by atoms with Gasteiger partial charge in [0.25, 0.3) is 0 Å². The Hall–Kier alpha value is -1.11. The lowest BCUT2D eigenvalue weighted by molar-refractivity contribution is -0.137. The highest BCUT2D eigenvalue weighted by Gasteiger charge is 2.28. The summed E-state index contributed by atoms with van der Waals surface area (Å²) in [5, 5.41) is 2.23. The number of carbonyl (C=O) groups is 2. The van der Waals surface area contributed by atoms with E-state index in [2.05, 4.69) is 14.6 Å². The number of rotatable bonds is 6. The van der Waals surface area contributed by atoms with Gasteiger partial charge < -0.3 is 14.0 Å². The molecule has 0 aliphatic heterocycles. The molecule has 1 unspecified atom stereocenters. The van der Waals surface area contributed by atoms with Crippen LogP contribution < -0.4 is 5.32 Å². The number of esters is 1. The predicted molar refractivity (Wildman–Crippen MR) is 66.8 cm³/mol. The third-order valence-electron chi connectivity index (χ3n) is 1.71. The van der Waals surface area contributed by atoms with Crippen molar-refractivity contribution >= 4 is 19.7 Å². The van der Waals surface area contributed by atoms with E-state index in [1.165, 1.54) is 0 Å². The van der Waals surface area contributed by atoms with Crippen molar-refractivity contribution in [2.45, 2.75) is 26.4 Å². The molecule has 8 nitrogen and oxygen atoms in total. The zero-order chi connectivity index (χ0) is 15.1. The van der Waals surface area contributed by atoms with Crippen LogP contribution in [-0.4, -0.2) is 44.8 Å². The molecule has 0 heterocycles. The van der Waals surface area contributed by atoms with Gasteiger partial charge in [0.1, 0.15) is 18.5 Å². The quantitative estimate of drug-likeness (QED) is 0.450. The van der Waals surface area contributed by atoms with Gasteiger partial charge in [-0.25, -0.2) is 4.79 Å². The monoisotopic (exact) mass is 297 g/mol. The van der Waals surface area contributed by atoms with Gasteiger partial charge in [0.05, 0.1) is 7.11 Å². The minimum atomic E-state index is -3.63. The molecule has 0 aromatic heterocycles. The second-order valence-electron chi connectivity index (χ2n) is 4.48. The molecule has 112 valence electrons. The first-order valence-electron chi connectivity index (χ1n) is 5.45. The first-order chi connectivity index (χ1) is 8.62. The van der Waals surface area contributed by atoms with Gasteiger partial charge in [0, 0.05) is 7.11 Å². The van der Waals surface area contributed by atoms with E-state index in [1.807, 2.05) is 0 Å². The maximum atomic E-state index is 11.9. The maximum absolute atomic E-state index is 11.9. The number of hydrogen-bond acceptors (Lipinski definition) is 7. The Kier molecular flexibility index (Phi) is 7.04. The summed E-state index contributed by atoms with van der Waals surface area (Å²) in [6, 6.07) is 0. The number of hydrogen-bond donors (Lipinski definition) is 1. The number of carbonyl (C=O) groups excluding carboxylic acids is 2. The van der Waals surface area contributed by atoms with E-state index >= 15 is 0 Å². The average Bonchev–Trinajstić information content (AvgIpc) is 2.26. The van der Waals surface area contributed by atoms with Crippen molar-refractivity contribution in [3.63, 3.8) is 0 Å². The molecule has 0 bridgehead atoms. The molecule has 0 aromatic carbocycles. The van der Waals surface area contributed by atoms with Crippen molar-refractivity contribution in [3.05, 3.63) is 0 Å². The Morgan fingerprint density at radius 3 is 2.21 bits per heavy atom. The fourth-order valence-corrected chi connectivity index (χ4v) is 1.92. The molecule has 0 rings (SSSR count). The Labute approximate surface area is 112 Å². The van der Waals surface area contributed by atoms with Crippen LogP contribution in [0.2, 0.25) is 0 Å². The summed E-state index contributed by atoms with van der Waals surface area (Å²) in [6.07, 6.45) is -1.26. The fraction of sp³-hybridized carbons (Fsp3) is 0.800. The molecule has 0 aliphatic carbocycles. The standard InChI is InChI=1S/C10H20NO7P/c1-10(2,3)18-9(13)11-7-17-19(14,16-5)6-8(12)15-4/h6-7H2,1-5H3,(H,11,13). The first-order valence-corrected chi connectivity index (χ1v) is 7.17. The molecule has 0 aromatic rings. The zero-order valence-corrected chi connectivity index (χ0v) is 12.6. The van der Waals surface area contributed by atoms with Gasteiger partial charge in [-0.05, 0) is 20.8 Å². The van der Waals surface area contributed by atoms with Crippen LogP contribution >= 0.6 is 7.60 Å². The molecule has 0 radical (unpaired) electrons. The summed E-state index contributed by atoms with van der Waals surface area (Å²) in [5.74, 6) is -0.734. The van der Waals surface area contributed by atoms with Gasteiger partial charge in [-0.1, -0.05) is 0 Å². The fourth-order valence-electron chi connectivity index (χ4n) is 0.889. The SMILES string of the molecule is COC(=O)CP(=O)(OC)OCNC(=O)OC(C)(C)C. The third kappa shape index (κ3) is 8.58. The van der Waals surface area contributed by atoms with Crippen LogP contribution in [0.15, 0.2) is 0 Å². The van der Waals surface area contributed by atoms with Gasteiger partial charge in [0.2, 0.25) is 0 Å². The molecule has 1 atom stereocenters. The van der Waals surface area contributed by atoms with E-state index in [-0.39, 0.29) is 0 Å². The van der Waals surface area contributed by atoms with E-state index in [1.54, 1.807) is 20.8 Å². The van der Waals surface area contributed by atoms with Gasteiger partial charge >= 0.3 is 19.7 Å². The molecule has 1 amide bonds. The molecule has 0 fully saturated rings. The number of amides is 1. The number of nitrogens with one attached hydrogen (secondary N) is 1. The molecule has 19 heavy (non-hydrogen) atoms. The summed E-state index contributed by atoms with van der Waals surface area (Å²) in [7, 11) is -1.33. The Morgan fingerprint density at radius 2 is 1.79 bits per heavy atom. The van der Waals surface area contributed by atoms with E-state index in [0.717, 1.165) is 14.2 Å². The van der Waals surface area contributed by atoms with E-state index < -0.39 is 38.2 Å². The Balaban J connectivity index is 4.19. The van der Waals surface area contributed by atoms with E-state index in [9.17, 15) is 14.2 Å². The van der Waals surface area contributed by atoms with Crippen LogP contribution in [0.5, 0.6) is 0 Å². The molecule has 1 N–H and O–H groups in total. The van der Waals surface area contributed by atoms with Crippen LogP contribution in [0.3, 0.4) is 0 Å². The van der Waals surface area contributed by atoms with Crippen molar-refractivity contribution < 1.29 is 32.7 Å². The third-order valence-corrected chi connectivity index (χ3v) is 3.43. The second kappa shape index (κ2) is 7.47. The lowest BCUT2D eigenvalue weighted by atomic mass is 10.2. The lowest BCUT2D eigenvalue weighted by Gasteiger charge is -2.20. The minimum absolute atomic E-state index is 0.406. The molecular weight excluding hydrogens is 277 g/mol. The summed E-state index contributed by atoms with van der Waals surface area (Å²) < 4.78 is 30.7. The van der Waals surface area contributed by atoms with Crippen LogP contribution in [0.25, 0.3) is 0 Å². The summed E-state index contributed by atoms with van der Waals surface area (Å²) >= 11 is 0. The average molecular weight is 297 g/mol. The largest absolute Gasteiger partial charge is 0.469 e. The highest BCUT2D eigenvalue weighted by molar-refractivity contribution is 7.54. The smallest absolute Gasteiger partial charge is 0.409 e. The molecule has 0 saturated heterocycles. The summed E-state index contributed by atoms with van der Waals surface area (Å²) in [6.45, 7) is 4.69. The minimum Gasteiger partial charge on any atom is -0.469 e. The molecule has 0 spiro atoms. The summed E-state index contributed by atoms with van der Waals surface area (Å²) in [5.41, 5.74) is -0.652. The topological polar surface area (TPSA) is 100 Å².